The van der Waals surface area contributed by atoms with Crippen LogP contribution in [0.15, 0.2) is 42.2 Å². The van der Waals surface area contributed by atoms with Gasteiger partial charge in [0, 0.05) is 14.6 Å². The third kappa shape index (κ3) is 2.06. The predicted molar refractivity (Wildman–Crippen MR) is 77.7 cm³/mol. The molecule has 0 unspecified atom stereocenters. The maximum atomic E-state index is 12.3. The summed E-state index contributed by atoms with van der Waals surface area (Å²) in [6.07, 6.45) is 0. The van der Waals surface area contributed by atoms with Gasteiger partial charge in [-0.05, 0) is 12.1 Å². The van der Waals surface area contributed by atoms with Gasteiger partial charge in [-0.1, -0.05) is 41.2 Å². The van der Waals surface area contributed by atoms with Crippen molar-refractivity contribution in [3.8, 4) is 0 Å². The normalized spacial score (nSPS) is 10.4. The molecule has 2 aromatic rings. The van der Waals surface area contributed by atoms with Crippen LogP contribution >= 0.6 is 27.3 Å². The number of rotatable bonds is 2. The zero-order valence-corrected chi connectivity index (χ0v) is 11.3. The number of fused-ring (bicyclic) bond motifs is 1. The zero-order valence-electron chi connectivity index (χ0n) is 8.87. The van der Waals surface area contributed by atoms with E-state index in [1.54, 1.807) is 6.07 Å². The molecule has 0 atom stereocenters. The second-order valence-electron chi connectivity index (χ2n) is 3.48. The molecule has 0 spiro atoms. The van der Waals surface area contributed by atoms with Gasteiger partial charge in [-0.2, -0.15) is 0 Å². The third-order valence-corrected chi connectivity index (χ3v) is 3.95. The lowest BCUT2D eigenvalue weighted by atomic mass is 10.1. The molecule has 1 aromatic heterocycles. The lowest BCUT2D eigenvalue weighted by molar-refractivity contribution is 0.515. The Morgan fingerprint density at radius 1 is 1.29 bits per heavy atom. The standard InChI is InChI=1S/C13H9BrO2S/c1-7(14)11-12(16)9-5-3-4-6-10(9)17-13(11)8(2)15/h3-6,15H,1-2H2. The molecule has 0 saturated carbocycles. The summed E-state index contributed by atoms with van der Waals surface area (Å²) in [5.41, 5.74) is 0.229. The fourth-order valence-corrected chi connectivity index (χ4v) is 3.17. The molecule has 1 heterocycles. The molecule has 0 saturated heterocycles. The first-order chi connectivity index (χ1) is 8.02. The highest BCUT2D eigenvalue weighted by molar-refractivity contribution is 9.15. The fourth-order valence-electron chi connectivity index (χ4n) is 1.59. The van der Waals surface area contributed by atoms with Gasteiger partial charge >= 0.3 is 0 Å². The summed E-state index contributed by atoms with van der Waals surface area (Å²) in [5, 5.41) is 10.2. The first-order valence-electron chi connectivity index (χ1n) is 4.81. The maximum absolute atomic E-state index is 12.3. The highest BCUT2D eigenvalue weighted by Crippen LogP contribution is 2.31. The second kappa shape index (κ2) is 4.47. The largest absolute Gasteiger partial charge is 0.507 e. The van der Waals surface area contributed by atoms with Gasteiger partial charge in [-0.15, -0.1) is 11.3 Å². The van der Waals surface area contributed by atoms with Crippen molar-refractivity contribution >= 4 is 47.6 Å². The number of hydrogen-bond donors (Lipinski definition) is 1. The molecular formula is C13H9BrO2S. The van der Waals surface area contributed by atoms with Gasteiger partial charge in [0.05, 0.1) is 10.4 Å². The minimum absolute atomic E-state index is 0.117. The second-order valence-corrected chi connectivity index (χ2v) is 5.49. The van der Waals surface area contributed by atoms with E-state index in [1.165, 1.54) is 11.3 Å². The molecule has 0 radical (unpaired) electrons. The Balaban J connectivity index is 2.99. The average Bonchev–Trinajstić information content (AvgIpc) is 2.28. The molecule has 0 fully saturated rings. The molecule has 17 heavy (non-hydrogen) atoms. The molecule has 86 valence electrons. The van der Waals surface area contributed by atoms with Gasteiger partial charge in [-0.25, -0.2) is 0 Å². The van der Waals surface area contributed by atoms with Gasteiger partial charge < -0.3 is 5.11 Å². The van der Waals surface area contributed by atoms with Crippen molar-refractivity contribution in [3.63, 3.8) is 0 Å². The van der Waals surface area contributed by atoms with Crippen molar-refractivity contribution in [1.82, 2.24) is 0 Å². The van der Waals surface area contributed by atoms with Crippen LogP contribution in [0, 0.1) is 0 Å². The van der Waals surface area contributed by atoms with E-state index in [2.05, 4.69) is 29.1 Å². The van der Waals surface area contributed by atoms with E-state index < -0.39 is 0 Å². The Morgan fingerprint density at radius 3 is 2.53 bits per heavy atom. The van der Waals surface area contributed by atoms with Gasteiger partial charge in [0.15, 0.2) is 5.43 Å². The van der Waals surface area contributed by atoms with E-state index >= 15 is 0 Å². The van der Waals surface area contributed by atoms with E-state index in [9.17, 15) is 9.90 Å². The van der Waals surface area contributed by atoms with Crippen molar-refractivity contribution in [2.45, 2.75) is 0 Å². The van der Waals surface area contributed by atoms with Crippen LogP contribution in [0.4, 0.5) is 0 Å². The summed E-state index contributed by atoms with van der Waals surface area (Å²) in [6, 6.07) is 7.27. The van der Waals surface area contributed by atoms with Gasteiger partial charge in [0.1, 0.15) is 5.76 Å². The molecule has 1 N–H and O–H groups in total. The molecule has 4 heteroatoms. The topological polar surface area (TPSA) is 37.3 Å². The van der Waals surface area contributed by atoms with E-state index in [0.29, 0.717) is 20.3 Å². The number of benzene rings is 1. The predicted octanol–water partition coefficient (Wildman–Crippen LogP) is 4.16. The van der Waals surface area contributed by atoms with Gasteiger partial charge in [-0.3, -0.25) is 4.79 Å². The monoisotopic (exact) mass is 308 g/mol. The first kappa shape index (κ1) is 12.1. The zero-order chi connectivity index (χ0) is 12.6. The van der Waals surface area contributed by atoms with Crippen LogP contribution in [-0.4, -0.2) is 5.11 Å². The third-order valence-electron chi connectivity index (χ3n) is 2.33. The van der Waals surface area contributed by atoms with Crippen LogP contribution in [0.1, 0.15) is 10.4 Å². The number of hydrogen-bond acceptors (Lipinski definition) is 3. The summed E-state index contributed by atoms with van der Waals surface area (Å²) in [7, 11) is 0. The summed E-state index contributed by atoms with van der Waals surface area (Å²) in [5.74, 6) is -0.117. The van der Waals surface area contributed by atoms with Gasteiger partial charge in [0.25, 0.3) is 0 Å². The molecule has 2 rings (SSSR count). The SMILES string of the molecule is C=C(O)c1sc2ccccc2c(=O)c1C(=C)Br. The van der Waals surface area contributed by atoms with Crippen LogP contribution in [0.5, 0.6) is 0 Å². The quantitative estimate of drug-likeness (QED) is 0.846. The Morgan fingerprint density at radius 2 is 1.94 bits per heavy atom. The van der Waals surface area contributed by atoms with Crippen LogP contribution in [-0.2, 0) is 0 Å². The van der Waals surface area contributed by atoms with Crippen molar-refractivity contribution in [3.05, 3.63) is 58.1 Å². The number of aliphatic hydroxyl groups is 1. The Hall–Kier alpha value is -1.39. The maximum Gasteiger partial charge on any atom is 0.197 e. The van der Waals surface area contributed by atoms with Gasteiger partial charge in [0.2, 0.25) is 0 Å². The van der Waals surface area contributed by atoms with Crippen molar-refractivity contribution in [2.75, 3.05) is 0 Å². The summed E-state index contributed by atoms with van der Waals surface area (Å²) in [6.45, 7) is 7.19. The smallest absolute Gasteiger partial charge is 0.197 e. The summed E-state index contributed by atoms with van der Waals surface area (Å²) >= 11 is 4.52. The van der Waals surface area contributed by atoms with Crippen LogP contribution in [0.25, 0.3) is 20.3 Å². The molecule has 1 aromatic carbocycles. The minimum atomic E-state index is -0.147. The fraction of sp³-hybridized carbons (Fsp3) is 0. The summed E-state index contributed by atoms with van der Waals surface area (Å²) < 4.78 is 1.27. The molecule has 0 aliphatic carbocycles. The van der Waals surface area contributed by atoms with E-state index in [0.717, 1.165) is 4.70 Å². The summed E-state index contributed by atoms with van der Waals surface area (Å²) in [4.78, 5) is 12.7. The van der Waals surface area contributed by atoms with Crippen molar-refractivity contribution in [1.29, 1.82) is 0 Å². The molecule has 0 amide bonds. The molecule has 2 nitrogen and oxygen atoms in total. The molecule has 0 aliphatic rings. The number of halogens is 1. The molecular weight excluding hydrogens is 300 g/mol. The average molecular weight is 309 g/mol. The minimum Gasteiger partial charge on any atom is -0.507 e. The highest BCUT2D eigenvalue weighted by Gasteiger charge is 2.15. The van der Waals surface area contributed by atoms with E-state index in [4.69, 9.17) is 0 Å². The van der Waals surface area contributed by atoms with Crippen molar-refractivity contribution in [2.24, 2.45) is 0 Å². The van der Waals surface area contributed by atoms with Crippen LogP contribution in [0.3, 0.4) is 0 Å². The highest BCUT2D eigenvalue weighted by atomic mass is 79.9. The number of aliphatic hydroxyl groups excluding tert-OH is 1. The van der Waals surface area contributed by atoms with Crippen LogP contribution < -0.4 is 5.43 Å². The molecule has 0 bridgehead atoms. The molecule has 0 aliphatic heterocycles. The van der Waals surface area contributed by atoms with E-state index in [1.807, 2.05) is 18.2 Å². The van der Waals surface area contributed by atoms with E-state index in [-0.39, 0.29) is 11.2 Å². The van der Waals surface area contributed by atoms with Crippen LogP contribution in [0.2, 0.25) is 0 Å². The Kier molecular flexibility index (Phi) is 3.17. The Bertz CT molecular complexity index is 685. The van der Waals surface area contributed by atoms with Crippen molar-refractivity contribution < 1.29 is 5.11 Å². The lowest BCUT2D eigenvalue weighted by Crippen LogP contribution is -2.08. The Labute approximate surface area is 111 Å². The first-order valence-corrected chi connectivity index (χ1v) is 6.42. The lowest BCUT2D eigenvalue weighted by Gasteiger charge is -2.07.